The number of hydrogen-bond donors (Lipinski definition) is 1. The summed E-state index contributed by atoms with van der Waals surface area (Å²) in [5, 5.41) is 14.3. The van der Waals surface area contributed by atoms with Crippen molar-refractivity contribution in [3.05, 3.63) is 35.3 Å². The topological polar surface area (TPSA) is 82.3 Å². The van der Waals surface area contributed by atoms with Gasteiger partial charge in [-0.2, -0.15) is 4.73 Å². The number of esters is 1. The van der Waals surface area contributed by atoms with Crippen molar-refractivity contribution in [2.45, 2.75) is 38.6 Å². The van der Waals surface area contributed by atoms with E-state index < -0.39 is 5.97 Å². The van der Waals surface area contributed by atoms with Crippen molar-refractivity contribution >= 4 is 11.9 Å². The highest BCUT2D eigenvalue weighted by molar-refractivity contribution is 5.88. The summed E-state index contributed by atoms with van der Waals surface area (Å²) in [6.07, 6.45) is 5.57. The van der Waals surface area contributed by atoms with Crippen LogP contribution < -0.4 is 10.0 Å². The van der Waals surface area contributed by atoms with Crippen LogP contribution in [-0.2, 0) is 9.53 Å². The van der Waals surface area contributed by atoms with Crippen LogP contribution in [0.1, 0.15) is 43.1 Å². The smallest absolute Gasteiger partial charge is 0.405 e. The zero-order valence-corrected chi connectivity index (χ0v) is 12.1. The third-order valence-corrected chi connectivity index (χ3v) is 3.83. The van der Waals surface area contributed by atoms with E-state index in [1.807, 2.05) is 0 Å². The highest BCUT2D eigenvalue weighted by Gasteiger charge is 2.24. The lowest BCUT2D eigenvalue weighted by Gasteiger charge is -2.29. The molecule has 2 atom stereocenters. The van der Waals surface area contributed by atoms with Crippen LogP contribution in [0.15, 0.2) is 24.4 Å². The molecule has 2 rings (SSSR count). The van der Waals surface area contributed by atoms with Gasteiger partial charge in [0.25, 0.3) is 5.91 Å². The van der Waals surface area contributed by atoms with Crippen LogP contribution in [0.4, 0.5) is 0 Å². The second-order valence-electron chi connectivity index (χ2n) is 5.42. The van der Waals surface area contributed by atoms with Gasteiger partial charge in [-0.3, -0.25) is 4.79 Å². The molecule has 1 aromatic rings. The van der Waals surface area contributed by atoms with Crippen LogP contribution >= 0.6 is 0 Å². The van der Waals surface area contributed by atoms with Crippen molar-refractivity contribution in [1.29, 1.82) is 0 Å². The van der Waals surface area contributed by atoms with Crippen molar-refractivity contribution in [2.24, 2.45) is 5.92 Å². The summed E-state index contributed by atoms with van der Waals surface area (Å²) < 4.78 is 5.30. The summed E-state index contributed by atoms with van der Waals surface area (Å²) in [7, 11) is 0. The Morgan fingerprint density at radius 2 is 2.14 bits per heavy atom. The molecular weight excluding hydrogens is 272 g/mol. The van der Waals surface area contributed by atoms with E-state index in [4.69, 9.17) is 4.74 Å². The Labute approximate surface area is 123 Å². The molecule has 6 nitrogen and oxygen atoms in total. The van der Waals surface area contributed by atoms with Crippen LogP contribution in [0, 0.1) is 11.1 Å². The van der Waals surface area contributed by atoms with E-state index in [0.29, 0.717) is 10.6 Å². The number of carbonyl (C=O) groups is 2. The highest BCUT2D eigenvalue weighted by Crippen LogP contribution is 2.23. The number of rotatable bonds is 4. The van der Waals surface area contributed by atoms with Gasteiger partial charge in [-0.05, 0) is 24.8 Å². The third-order valence-electron chi connectivity index (χ3n) is 3.83. The normalized spacial score (nSPS) is 21.6. The predicted molar refractivity (Wildman–Crippen MR) is 75.2 cm³/mol. The van der Waals surface area contributed by atoms with E-state index in [0.717, 1.165) is 19.3 Å². The largest absolute Gasteiger partial charge is 0.618 e. The molecule has 6 heteroatoms. The first-order chi connectivity index (χ1) is 10.1. The molecule has 1 amide bonds. The quantitative estimate of drug-likeness (QED) is 0.513. The van der Waals surface area contributed by atoms with E-state index in [-0.39, 0.29) is 24.2 Å². The minimum atomic E-state index is -0.794. The van der Waals surface area contributed by atoms with Gasteiger partial charge in [0.05, 0.1) is 0 Å². The van der Waals surface area contributed by atoms with Gasteiger partial charge in [0.2, 0.25) is 0 Å². The summed E-state index contributed by atoms with van der Waals surface area (Å²) in [5.41, 5.74) is -0.128. The number of pyridine rings is 1. The van der Waals surface area contributed by atoms with Gasteiger partial charge in [0, 0.05) is 18.2 Å². The van der Waals surface area contributed by atoms with Gasteiger partial charge < -0.3 is 15.3 Å². The van der Waals surface area contributed by atoms with Crippen molar-refractivity contribution < 1.29 is 19.1 Å². The second-order valence-corrected chi connectivity index (χ2v) is 5.42. The molecule has 0 unspecified atom stereocenters. The van der Waals surface area contributed by atoms with E-state index in [2.05, 4.69) is 12.2 Å². The molecule has 1 N–H and O–H groups in total. The summed E-state index contributed by atoms with van der Waals surface area (Å²) >= 11 is 0. The Morgan fingerprint density at radius 1 is 1.38 bits per heavy atom. The fourth-order valence-corrected chi connectivity index (χ4v) is 2.57. The molecule has 0 aromatic carbocycles. The molecular formula is C15H20N2O4. The molecule has 0 spiro atoms. The number of hydrogen-bond acceptors (Lipinski definition) is 4. The molecule has 1 heterocycles. The van der Waals surface area contributed by atoms with Crippen molar-refractivity contribution in [3.8, 4) is 0 Å². The Morgan fingerprint density at radius 3 is 2.86 bits per heavy atom. The van der Waals surface area contributed by atoms with E-state index >= 15 is 0 Å². The van der Waals surface area contributed by atoms with Gasteiger partial charge in [0.1, 0.15) is 0 Å². The average molecular weight is 292 g/mol. The summed E-state index contributed by atoms with van der Waals surface area (Å²) in [5.74, 6) is -0.677. The van der Waals surface area contributed by atoms with E-state index in [9.17, 15) is 14.8 Å². The van der Waals surface area contributed by atoms with Crippen LogP contribution in [0.3, 0.4) is 0 Å². The maximum atomic E-state index is 11.8. The SMILES string of the molecule is C[C@H]1CCCC[C@@H]1NC(=O)COC(=O)c1cccc[n+]1[O-]. The molecule has 1 aliphatic rings. The minimum absolute atomic E-state index is 0.128. The fourth-order valence-electron chi connectivity index (χ4n) is 2.57. The number of amides is 1. The summed E-state index contributed by atoms with van der Waals surface area (Å²) in [6, 6.07) is 4.58. The molecule has 1 aliphatic carbocycles. The van der Waals surface area contributed by atoms with Crippen molar-refractivity contribution in [1.82, 2.24) is 5.32 Å². The minimum Gasteiger partial charge on any atom is -0.618 e. The number of carbonyl (C=O) groups excluding carboxylic acids is 2. The Kier molecular flexibility index (Phi) is 5.14. The van der Waals surface area contributed by atoms with Gasteiger partial charge in [-0.15, -0.1) is 0 Å². The van der Waals surface area contributed by atoms with Gasteiger partial charge in [0.15, 0.2) is 12.8 Å². The molecule has 0 saturated heterocycles. The average Bonchev–Trinajstić information content (AvgIpc) is 2.48. The van der Waals surface area contributed by atoms with Crippen molar-refractivity contribution in [3.63, 3.8) is 0 Å². The maximum Gasteiger partial charge on any atom is 0.405 e. The maximum absolute atomic E-state index is 11.8. The van der Waals surface area contributed by atoms with Gasteiger partial charge >= 0.3 is 11.7 Å². The molecule has 0 radical (unpaired) electrons. The Bertz CT molecular complexity index is 518. The van der Waals surface area contributed by atoms with Crippen LogP contribution in [0.2, 0.25) is 0 Å². The lowest BCUT2D eigenvalue weighted by atomic mass is 9.86. The standard InChI is InChI=1S/C15H20N2O4/c1-11-6-2-3-7-12(11)16-14(18)10-21-15(19)13-8-4-5-9-17(13)20/h4-5,8-9,11-12H,2-3,6-7,10H2,1H3,(H,16,18)/t11-,12-/m0/s1. The first-order valence-corrected chi connectivity index (χ1v) is 7.22. The molecule has 0 aliphatic heterocycles. The van der Waals surface area contributed by atoms with Crippen LogP contribution in [0.5, 0.6) is 0 Å². The fraction of sp³-hybridized carbons (Fsp3) is 0.533. The summed E-state index contributed by atoms with van der Waals surface area (Å²) in [4.78, 5) is 23.5. The van der Waals surface area contributed by atoms with Crippen LogP contribution in [-0.4, -0.2) is 24.5 Å². The van der Waals surface area contributed by atoms with Gasteiger partial charge in [-0.1, -0.05) is 19.8 Å². The molecule has 0 bridgehead atoms. The number of nitrogens with one attached hydrogen (secondary N) is 1. The Hall–Kier alpha value is -2.11. The Balaban J connectivity index is 1.81. The molecule has 114 valence electrons. The van der Waals surface area contributed by atoms with E-state index in [1.165, 1.54) is 24.8 Å². The number of ether oxygens (including phenoxy) is 1. The van der Waals surface area contributed by atoms with E-state index in [1.54, 1.807) is 6.07 Å². The number of nitrogens with zero attached hydrogens (tertiary/aromatic N) is 1. The summed E-state index contributed by atoms with van der Waals surface area (Å²) in [6.45, 7) is 1.75. The highest BCUT2D eigenvalue weighted by atomic mass is 16.5. The molecule has 1 fully saturated rings. The zero-order chi connectivity index (χ0) is 15.2. The van der Waals surface area contributed by atoms with Crippen LogP contribution in [0.25, 0.3) is 0 Å². The second kappa shape index (κ2) is 7.06. The monoisotopic (exact) mass is 292 g/mol. The lowest BCUT2D eigenvalue weighted by Crippen LogP contribution is -2.43. The lowest BCUT2D eigenvalue weighted by molar-refractivity contribution is -0.608. The van der Waals surface area contributed by atoms with Crippen molar-refractivity contribution in [2.75, 3.05) is 6.61 Å². The predicted octanol–water partition coefficient (Wildman–Crippen LogP) is 1.17. The number of aromatic nitrogens is 1. The van der Waals surface area contributed by atoms with Gasteiger partial charge in [-0.25, -0.2) is 4.79 Å². The zero-order valence-electron chi connectivity index (χ0n) is 12.1. The molecule has 1 saturated carbocycles. The first kappa shape index (κ1) is 15.3. The molecule has 21 heavy (non-hydrogen) atoms. The first-order valence-electron chi connectivity index (χ1n) is 7.22. The molecule has 1 aromatic heterocycles. The third kappa shape index (κ3) is 4.18.